The smallest absolute Gasteiger partial charge is 0.495 e. The Morgan fingerprint density at radius 1 is 1.12 bits per heavy atom. The summed E-state index contributed by atoms with van der Waals surface area (Å²) in [6, 6.07) is 7.79. The first-order valence-corrected chi connectivity index (χ1v) is 14.2. The summed E-state index contributed by atoms with van der Waals surface area (Å²) in [6.45, 7) is 0.0478. The predicted molar refractivity (Wildman–Crippen MR) is 147 cm³/mol. The zero-order valence-electron chi connectivity index (χ0n) is 22.9. The minimum absolute atomic E-state index is 0.117. The second-order valence-corrected chi connectivity index (χ2v) is 11.0. The van der Waals surface area contributed by atoms with E-state index < -0.39 is 38.0 Å². The van der Waals surface area contributed by atoms with Gasteiger partial charge in [-0.25, -0.2) is 4.98 Å². The molecular formula is C27H28F3N5O7P+. The molecule has 0 spiro atoms. The lowest BCUT2D eigenvalue weighted by Gasteiger charge is -2.19. The number of nitrogens with zero attached hydrogens (tertiary/aromatic N) is 3. The molecule has 228 valence electrons. The van der Waals surface area contributed by atoms with Crippen molar-refractivity contribution in [2.45, 2.75) is 50.3 Å². The van der Waals surface area contributed by atoms with Crippen molar-refractivity contribution in [3.63, 3.8) is 0 Å². The van der Waals surface area contributed by atoms with Crippen LogP contribution in [0.25, 0.3) is 0 Å². The van der Waals surface area contributed by atoms with Gasteiger partial charge in [-0.05, 0) is 53.6 Å². The van der Waals surface area contributed by atoms with Gasteiger partial charge in [0.15, 0.2) is 0 Å². The zero-order chi connectivity index (χ0) is 31.1. The van der Waals surface area contributed by atoms with E-state index in [4.69, 9.17) is 14.2 Å². The summed E-state index contributed by atoms with van der Waals surface area (Å²) >= 11 is 0. The van der Waals surface area contributed by atoms with Crippen molar-refractivity contribution in [3.05, 3.63) is 64.3 Å². The van der Waals surface area contributed by atoms with Gasteiger partial charge >= 0.3 is 14.4 Å². The number of hydrogen-bond donors (Lipinski definition) is 5. The van der Waals surface area contributed by atoms with E-state index in [1.165, 1.54) is 30.2 Å². The highest BCUT2D eigenvalue weighted by atomic mass is 31.1. The van der Waals surface area contributed by atoms with Gasteiger partial charge in [-0.2, -0.15) is 18.2 Å². The van der Waals surface area contributed by atoms with Gasteiger partial charge in [-0.1, -0.05) is 12.1 Å². The van der Waals surface area contributed by atoms with Crippen LogP contribution >= 0.6 is 8.25 Å². The van der Waals surface area contributed by atoms with Gasteiger partial charge in [0, 0.05) is 24.4 Å². The lowest BCUT2D eigenvalue weighted by atomic mass is 9.90. The summed E-state index contributed by atoms with van der Waals surface area (Å²) in [6.07, 6.45) is -5.40. The third-order valence-corrected chi connectivity index (χ3v) is 7.79. The van der Waals surface area contributed by atoms with E-state index in [0.717, 1.165) is 5.56 Å². The van der Waals surface area contributed by atoms with Gasteiger partial charge in [-0.15, -0.1) is 9.42 Å². The standard InChI is InChI=1S/C27H27F3N5O7P/c1-35-11-16-15(14-8-20(36)21(37)9-14)4-6-19(23(16)25(35)38)32-24-17(27(28,29)30)10-31-26(34-24)33-18-5-3-13(7-22(18)41-2)12-42-43(39)40/h3-7,10,14,20-21,36-37H,8-9,11-12H2,1-2H3,(H2-,31,32,33,34,38,39,40)/p+1. The third kappa shape index (κ3) is 6.40. The van der Waals surface area contributed by atoms with Crippen LogP contribution in [-0.4, -0.2) is 62.2 Å². The third-order valence-electron chi connectivity index (χ3n) is 7.44. The second kappa shape index (κ2) is 12.0. The van der Waals surface area contributed by atoms with E-state index in [1.807, 2.05) is 0 Å². The molecule has 1 aliphatic heterocycles. The molecule has 1 aliphatic carbocycles. The Morgan fingerprint density at radius 3 is 2.47 bits per heavy atom. The van der Waals surface area contributed by atoms with E-state index in [-0.39, 0.29) is 47.9 Å². The van der Waals surface area contributed by atoms with E-state index in [0.29, 0.717) is 35.9 Å². The minimum Gasteiger partial charge on any atom is -0.495 e. The van der Waals surface area contributed by atoms with Crippen molar-refractivity contribution in [1.82, 2.24) is 14.9 Å². The monoisotopic (exact) mass is 622 g/mol. The Balaban J connectivity index is 1.49. The summed E-state index contributed by atoms with van der Waals surface area (Å²) in [5.41, 5.74) is 1.32. The van der Waals surface area contributed by atoms with Crippen LogP contribution in [0.2, 0.25) is 0 Å². The largest absolute Gasteiger partial charge is 0.695 e. The number of hydrogen-bond acceptors (Lipinski definition) is 10. The van der Waals surface area contributed by atoms with E-state index >= 15 is 0 Å². The molecule has 1 aromatic heterocycles. The number of halogens is 3. The Bertz CT molecular complexity index is 1560. The number of amides is 1. The molecule has 5 rings (SSSR count). The van der Waals surface area contributed by atoms with Gasteiger partial charge in [0.2, 0.25) is 5.95 Å². The molecule has 3 unspecified atom stereocenters. The number of alkyl halides is 3. The lowest BCUT2D eigenvalue weighted by molar-refractivity contribution is -0.137. The average Bonchev–Trinajstić information content (AvgIpc) is 3.44. The van der Waals surface area contributed by atoms with Crippen LogP contribution < -0.4 is 15.4 Å². The molecule has 3 aromatic rings. The van der Waals surface area contributed by atoms with Crippen molar-refractivity contribution < 1.29 is 46.9 Å². The maximum atomic E-state index is 14.0. The average molecular weight is 623 g/mol. The first-order chi connectivity index (χ1) is 20.3. The molecule has 12 nitrogen and oxygen atoms in total. The Hall–Kier alpha value is -3.88. The molecule has 0 bridgehead atoms. The van der Waals surface area contributed by atoms with Crippen molar-refractivity contribution in [2.24, 2.45) is 0 Å². The highest BCUT2D eigenvalue weighted by Crippen LogP contribution is 2.43. The van der Waals surface area contributed by atoms with Crippen molar-refractivity contribution >= 4 is 37.3 Å². The number of nitrogens with one attached hydrogen (secondary N) is 2. The van der Waals surface area contributed by atoms with Gasteiger partial charge in [0.1, 0.15) is 23.7 Å². The number of anilines is 4. The molecule has 2 aromatic carbocycles. The van der Waals surface area contributed by atoms with Crippen LogP contribution in [0.5, 0.6) is 5.75 Å². The number of benzene rings is 2. The molecule has 2 heterocycles. The first-order valence-electron chi connectivity index (χ1n) is 13.1. The van der Waals surface area contributed by atoms with E-state index in [2.05, 4.69) is 20.6 Å². The maximum Gasteiger partial charge on any atom is 0.695 e. The number of ether oxygens (including phenoxy) is 1. The lowest BCUT2D eigenvalue weighted by Crippen LogP contribution is -2.18. The fourth-order valence-electron chi connectivity index (χ4n) is 5.36. The van der Waals surface area contributed by atoms with Crippen LogP contribution in [0.15, 0.2) is 36.5 Å². The number of aliphatic hydroxyl groups is 2. The molecule has 3 atom stereocenters. The topological polar surface area (TPSA) is 166 Å². The molecule has 43 heavy (non-hydrogen) atoms. The molecule has 1 fully saturated rings. The van der Waals surface area contributed by atoms with Gasteiger partial charge in [-0.3, -0.25) is 4.79 Å². The predicted octanol–water partition coefficient (Wildman–Crippen LogP) is 4.34. The molecule has 2 aliphatic rings. The number of fused-ring (bicyclic) bond motifs is 1. The fourth-order valence-corrected chi connectivity index (χ4v) is 5.62. The normalized spacial score (nSPS) is 20.3. The molecule has 1 saturated carbocycles. The minimum atomic E-state index is -4.83. The van der Waals surface area contributed by atoms with Crippen molar-refractivity contribution in [1.29, 1.82) is 0 Å². The fraction of sp³-hybridized carbons (Fsp3) is 0.370. The van der Waals surface area contributed by atoms with Crippen LogP contribution in [0.1, 0.15) is 51.4 Å². The van der Waals surface area contributed by atoms with Crippen LogP contribution in [-0.2, 0) is 28.4 Å². The molecule has 0 radical (unpaired) electrons. The maximum absolute atomic E-state index is 14.0. The summed E-state index contributed by atoms with van der Waals surface area (Å²) in [5, 5.41) is 25.6. The zero-order valence-corrected chi connectivity index (χ0v) is 23.8. The van der Waals surface area contributed by atoms with Crippen molar-refractivity contribution in [2.75, 3.05) is 24.8 Å². The van der Waals surface area contributed by atoms with Crippen LogP contribution in [0.4, 0.5) is 36.3 Å². The molecule has 5 N–H and O–H groups in total. The quantitative estimate of drug-likeness (QED) is 0.216. The summed E-state index contributed by atoms with van der Waals surface area (Å²) < 4.78 is 62.9. The van der Waals surface area contributed by atoms with Crippen LogP contribution in [0.3, 0.4) is 0 Å². The highest BCUT2D eigenvalue weighted by molar-refractivity contribution is 7.32. The van der Waals surface area contributed by atoms with Crippen molar-refractivity contribution in [3.8, 4) is 5.75 Å². The van der Waals surface area contributed by atoms with Gasteiger partial charge < -0.3 is 30.5 Å². The summed E-state index contributed by atoms with van der Waals surface area (Å²) in [7, 11) is 0.137. The Morgan fingerprint density at radius 2 is 1.81 bits per heavy atom. The number of aliphatic hydroxyl groups excluding tert-OH is 2. The molecular weight excluding hydrogens is 594 g/mol. The number of carbonyl (C=O) groups is 1. The van der Waals surface area contributed by atoms with Gasteiger partial charge in [0.25, 0.3) is 5.91 Å². The Labute approximate surface area is 244 Å². The van der Waals surface area contributed by atoms with Gasteiger partial charge in [0.05, 0.1) is 36.3 Å². The van der Waals surface area contributed by atoms with Crippen LogP contribution in [0, 0.1) is 0 Å². The highest BCUT2D eigenvalue weighted by Gasteiger charge is 2.39. The Kier molecular flexibility index (Phi) is 8.54. The number of carbonyl (C=O) groups excluding carboxylic acids is 1. The molecule has 0 saturated heterocycles. The second-order valence-electron chi connectivity index (χ2n) is 10.3. The number of rotatable bonds is 9. The first kappa shape index (κ1) is 30.6. The SMILES string of the molecule is COc1cc(CO[P+](=O)O)ccc1Nc1ncc(C(F)(F)F)c(Nc2ccc(C3CC(O)C(O)C3)c3c2C(=O)N(C)C3)n1. The number of methoxy groups -OCH3 is 1. The summed E-state index contributed by atoms with van der Waals surface area (Å²) in [5.74, 6) is -1.16. The number of aromatic nitrogens is 2. The molecule has 1 amide bonds. The van der Waals surface area contributed by atoms with E-state index in [9.17, 15) is 32.7 Å². The van der Waals surface area contributed by atoms with E-state index in [1.54, 1.807) is 19.2 Å². The molecule has 16 heteroatoms. The summed E-state index contributed by atoms with van der Waals surface area (Å²) in [4.78, 5) is 31.4.